The van der Waals surface area contributed by atoms with Crippen molar-refractivity contribution in [2.75, 3.05) is 24.6 Å². The van der Waals surface area contributed by atoms with Crippen LogP contribution < -0.4 is 9.62 Å². The molecule has 0 radical (unpaired) electrons. The van der Waals surface area contributed by atoms with Crippen LogP contribution in [0.25, 0.3) is 0 Å². The molecule has 0 fully saturated rings. The number of nitrogens with one attached hydrogen (secondary N) is 1. The van der Waals surface area contributed by atoms with E-state index in [1.54, 1.807) is 86.0 Å². The van der Waals surface area contributed by atoms with Crippen molar-refractivity contribution in [2.45, 2.75) is 11.4 Å². The Bertz CT molecular complexity index is 1050. The lowest BCUT2D eigenvalue weighted by Gasteiger charge is -2.25. The molecule has 6 nitrogen and oxygen atoms in total. The Balaban J connectivity index is 1.85. The van der Waals surface area contributed by atoms with Gasteiger partial charge in [0.25, 0.3) is 15.9 Å². The summed E-state index contributed by atoms with van der Waals surface area (Å²) in [6.45, 7) is 1.01. The minimum absolute atomic E-state index is 0.146. The summed E-state index contributed by atoms with van der Waals surface area (Å²) in [5, 5.41) is 2.76. The zero-order chi connectivity index (χ0) is 21.4. The number of benzene rings is 3. The lowest BCUT2D eigenvalue weighted by Crippen LogP contribution is -2.30. The SMILES string of the molecule is COCCNC(=O)c1ccc(CN(c2ccccc2)S(=O)(=O)c2ccccc2)cc1. The average Bonchev–Trinajstić information content (AvgIpc) is 2.79. The molecule has 30 heavy (non-hydrogen) atoms. The molecule has 1 amide bonds. The summed E-state index contributed by atoms with van der Waals surface area (Å²) < 4.78 is 32.9. The van der Waals surface area contributed by atoms with Gasteiger partial charge in [-0.2, -0.15) is 0 Å². The molecule has 0 saturated carbocycles. The number of ether oxygens (including phenoxy) is 1. The Hall–Kier alpha value is -3.16. The number of sulfonamides is 1. The van der Waals surface area contributed by atoms with Gasteiger partial charge in [0.1, 0.15) is 0 Å². The van der Waals surface area contributed by atoms with Crippen molar-refractivity contribution >= 4 is 21.6 Å². The maximum atomic E-state index is 13.3. The van der Waals surface area contributed by atoms with Gasteiger partial charge in [-0.25, -0.2) is 8.42 Å². The van der Waals surface area contributed by atoms with Crippen molar-refractivity contribution in [1.82, 2.24) is 5.32 Å². The summed E-state index contributed by atoms with van der Waals surface area (Å²) in [7, 11) is -2.18. The molecule has 156 valence electrons. The summed E-state index contributed by atoms with van der Waals surface area (Å²) in [6.07, 6.45) is 0. The highest BCUT2D eigenvalue weighted by molar-refractivity contribution is 7.92. The zero-order valence-electron chi connectivity index (χ0n) is 16.7. The topological polar surface area (TPSA) is 75.7 Å². The molecule has 0 aliphatic heterocycles. The third-order valence-corrected chi connectivity index (χ3v) is 6.30. The number of para-hydroxylation sites is 1. The number of hydrogen-bond donors (Lipinski definition) is 1. The number of nitrogens with zero attached hydrogens (tertiary/aromatic N) is 1. The van der Waals surface area contributed by atoms with Crippen LogP contribution in [-0.2, 0) is 21.3 Å². The van der Waals surface area contributed by atoms with Crippen LogP contribution in [0.5, 0.6) is 0 Å². The molecular formula is C23H24N2O4S. The zero-order valence-corrected chi connectivity index (χ0v) is 17.5. The summed E-state index contributed by atoms with van der Waals surface area (Å²) in [5.74, 6) is -0.199. The molecule has 0 heterocycles. The van der Waals surface area contributed by atoms with Crippen molar-refractivity contribution in [3.63, 3.8) is 0 Å². The van der Waals surface area contributed by atoms with Gasteiger partial charge in [0.15, 0.2) is 0 Å². The van der Waals surface area contributed by atoms with Gasteiger partial charge in [0.2, 0.25) is 0 Å². The number of methoxy groups -OCH3 is 1. The first-order valence-corrected chi connectivity index (χ1v) is 11.0. The molecule has 0 saturated heterocycles. The highest BCUT2D eigenvalue weighted by Gasteiger charge is 2.25. The highest BCUT2D eigenvalue weighted by Crippen LogP contribution is 2.25. The minimum Gasteiger partial charge on any atom is -0.383 e. The van der Waals surface area contributed by atoms with E-state index in [1.807, 2.05) is 6.07 Å². The van der Waals surface area contributed by atoms with Crippen LogP contribution in [-0.4, -0.2) is 34.6 Å². The summed E-state index contributed by atoms with van der Waals surface area (Å²) >= 11 is 0. The van der Waals surface area contributed by atoms with Crippen LogP contribution in [0.15, 0.2) is 89.8 Å². The predicted octanol–water partition coefficient (Wildman–Crippen LogP) is 3.46. The van der Waals surface area contributed by atoms with Crippen LogP contribution in [0.4, 0.5) is 5.69 Å². The molecule has 3 aromatic rings. The van der Waals surface area contributed by atoms with Crippen molar-refractivity contribution in [2.24, 2.45) is 0 Å². The smallest absolute Gasteiger partial charge is 0.264 e. The van der Waals surface area contributed by atoms with Gasteiger partial charge in [-0.15, -0.1) is 0 Å². The normalized spacial score (nSPS) is 11.1. The number of carbonyl (C=O) groups excluding carboxylic acids is 1. The third-order valence-electron chi connectivity index (χ3n) is 4.51. The molecule has 0 atom stereocenters. The van der Waals surface area contributed by atoms with Crippen LogP contribution >= 0.6 is 0 Å². The number of rotatable bonds is 9. The molecule has 1 N–H and O–H groups in total. The Kier molecular flexibility index (Phi) is 7.21. The van der Waals surface area contributed by atoms with E-state index in [9.17, 15) is 13.2 Å². The standard InChI is InChI=1S/C23H24N2O4S/c1-29-17-16-24-23(26)20-14-12-19(13-15-20)18-25(21-8-4-2-5-9-21)30(27,28)22-10-6-3-7-11-22/h2-15H,16-18H2,1H3,(H,24,26). The predicted molar refractivity (Wildman–Crippen MR) is 117 cm³/mol. The molecule has 3 rings (SSSR count). The molecule has 0 aromatic heterocycles. The molecule has 0 spiro atoms. The average molecular weight is 425 g/mol. The first kappa shape index (κ1) is 21.5. The van der Waals surface area contributed by atoms with Crippen LogP contribution in [0.2, 0.25) is 0 Å². The molecular weight excluding hydrogens is 400 g/mol. The van der Waals surface area contributed by atoms with E-state index in [4.69, 9.17) is 4.74 Å². The Morgan fingerprint density at radius 3 is 2.10 bits per heavy atom. The van der Waals surface area contributed by atoms with Gasteiger partial charge in [0, 0.05) is 19.2 Å². The highest BCUT2D eigenvalue weighted by atomic mass is 32.2. The number of hydrogen-bond acceptors (Lipinski definition) is 4. The van der Waals surface area contributed by atoms with Crippen LogP contribution in [0, 0.1) is 0 Å². The summed E-state index contributed by atoms with van der Waals surface area (Å²) in [6, 6.07) is 24.2. The Labute approximate surface area is 177 Å². The van der Waals surface area contributed by atoms with Gasteiger partial charge >= 0.3 is 0 Å². The first-order chi connectivity index (χ1) is 14.5. The van der Waals surface area contributed by atoms with E-state index in [2.05, 4.69) is 5.32 Å². The second-order valence-electron chi connectivity index (χ2n) is 6.61. The van der Waals surface area contributed by atoms with E-state index < -0.39 is 10.0 Å². The second-order valence-corrected chi connectivity index (χ2v) is 8.47. The van der Waals surface area contributed by atoms with Crippen LogP contribution in [0.3, 0.4) is 0 Å². The summed E-state index contributed by atoms with van der Waals surface area (Å²) in [5.41, 5.74) is 1.85. The van der Waals surface area contributed by atoms with E-state index in [-0.39, 0.29) is 17.3 Å². The van der Waals surface area contributed by atoms with Crippen LogP contribution in [0.1, 0.15) is 15.9 Å². The lowest BCUT2D eigenvalue weighted by atomic mass is 10.1. The first-order valence-electron chi connectivity index (χ1n) is 9.51. The molecule has 0 unspecified atom stereocenters. The number of carbonyl (C=O) groups is 1. The van der Waals surface area contributed by atoms with E-state index in [0.717, 1.165) is 5.56 Å². The molecule has 0 bridgehead atoms. The van der Waals surface area contributed by atoms with Gasteiger partial charge in [0.05, 0.1) is 23.7 Å². The molecule has 7 heteroatoms. The quantitative estimate of drug-likeness (QED) is 0.534. The minimum atomic E-state index is -3.75. The van der Waals surface area contributed by atoms with Gasteiger partial charge in [-0.3, -0.25) is 9.10 Å². The Morgan fingerprint density at radius 1 is 0.900 bits per heavy atom. The maximum absolute atomic E-state index is 13.3. The lowest BCUT2D eigenvalue weighted by molar-refractivity contribution is 0.0937. The molecule has 0 aliphatic rings. The van der Waals surface area contributed by atoms with Crippen molar-refractivity contribution < 1.29 is 17.9 Å². The molecule has 3 aromatic carbocycles. The van der Waals surface area contributed by atoms with Gasteiger partial charge in [-0.1, -0.05) is 48.5 Å². The van der Waals surface area contributed by atoms with E-state index in [1.165, 1.54) is 4.31 Å². The van der Waals surface area contributed by atoms with Gasteiger partial charge in [-0.05, 0) is 42.0 Å². The number of amides is 1. The fourth-order valence-electron chi connectivity index (χ4n) is 2.93. The van der Waals surface area contributed by atoms with Crippen molar-refractivity contribution in [3.8, 4) is 0 Å². The molecule has 0 aliphatic carbocycles. The van der Waals surface area contributed by atoms with E-state index >= 15 is 0 Å². The maximum Gasteiger partial charge on any atom is 0.264 e. The number of anilines is 1. The van der Waals surface area contributed by atoms with Crippen molar-refractivity contribution in [1.29, 1.82) is 0 Å². The van der Waals surface area contributed by atoms with E-state index in [0.29, 0.717) is 24.4 Å². The van der Waals surface area contributed by atoms with Crippen molar-refractivity contribution in [3.05, 3.63) is 96.1 Å². The fourth-order valence-corrected chi connectivity index (χ4v) is 4.40. The third kappa shape index (κ3) is 5.25. The fraction of sp³-hybridized carbons (Fsp3) is 0.174. The van der Waals surface area contributed by atoms with Gasteiger partial charge < -0.3 is 10.1 Å². The monoisotopic (exact) mass is 424 g/mol. The largest absolute Gasteiger partial charge is 0.383 e. The second kappa shape index (κ2) is 10.0. The Morgan fingerprint density at radius 2 is 1.50 bits per heavy atom. The summed E-state index contributed by atoms with van der Waals surface area (Å²) in [4.78, 5) is 12.4.